The molecule has 0 atom stereocenters. The standard InChI is InChI=1S/C9H8O5/c1-4-6(10)2-5(9(13)14)3-7(11)8(4)12/h2-3,11-12H,1H3,(H,13,14). The molecule has 0 aliphatic rings. The van der Waals surface area contributed by atoms with Gasteiger partial charge in [0, 0.05) is 11.6 Å². The Bertz CT molecular complexity index is 450. The van der Waals surface area contributed by atoms with Crippen LogP contribution >= 0.6 is 0 Å². The van der Waals surface area contributed by atoms with Gasteiger partial charge in [0.25, 0.3) is 0 Å². The lowest BCUT2D eigenvalue weighted by molar-refractivity contribution is 0.0696. The zero-order chi connectivity index (χ0) is 10.9. The summed E-state index contributed by atoms with van der Waals surface area (Å²) in [6.45, 7) is 1.29. The lowest BCUT2D eigenvalue weighted by atomic mass is 10.3. The molecule has 0 heterocycles. The molecular formula is C9H8O5. The highest BCUT2D eigenvalue weighted by Gasteiger charge is 2.10. The van der Waals surface area contributed by atoms with Crippen LogP contribution in [0, 0.1) is 6.92 Å². The van der Waals surface area contributed by atoms with Crippen LogP contribution in [0.4, 0.5) is 0 Å². The topological polar surface area (TPSA) is 94.8 Å². The molecule has 3 N–H and O–H groups in total. The Balaban J connectivity index is 3.68. The van der Waals surface area contributed by atoms with Crippen LogP contribution < -0.4 is 5.43 Å². The van der Waals surface area contributed by atoms with Crippen molar-refractivity contribution in [1.29, 1.82) is 0 Å². The van der Waals surface area contributed by atoms with E-state index in [0.717, 1.165) is 12.1 Å². The maximum Gasteiger partial charge on any atom is 0.335 e. The van der Waals surface area contributed by atoms with Crippen molar-refractivity contribution in [2.75, 3.05) is 0 Å². The molecule has 1 aromatic rings. The SMILES string of the molecule is Cc1c(O)c(O)cc(C(=O)O)cc1=O. The van der Waals surface area contributed by atoms with E-state index in [1.807, 2.05) is 0 Å². The molecule has 5 nitrogen and oxygen atoms in total. The largest absolute Gasteiger partial charge is 0.504 e. The monoisotopic (exact) mass is 196 g/mol. The van der Waals surface area contributed by atoms with E-state index in [1.165, 1.54) is 6.92 Å². The highest BCUT2D eigenvalue weighted by atomic mass is 16.4. The molecule has 0 saturated carbocycles. The van der Waals surface area contributed by atoms with Gasteiger partial charge in [-0.25, -0.2) is 4.79 Å². The molecule has 0 saturated heterocycles. The second kappa shape index (κ2) is 3.37. The second-order valence-corrected chi connectivity index (χ2v) is 2.77. The Morgan fingerprint density at radius 2 is 1.86 bits per heavy atom. The number of hydrogen-bond donors (Lipinski definition) is 3. The summed E-state index contributed by atoms with van der Waals surface area (Å²) in [6, 6.07) is 1.67. The molecule has 0 aliphatic heterocycles. The van der Waals surface area contributed by atoms with Gasteiger partial charge in [0.05, 0.1) is 5.56 Å². The molecule has 5 heteroatoms. The Kier molecular flexibility index (Phi) is 2.42. The maximum atomic E-state index is 11.2. The fourth-order valence-electron chi connectivity index (χ4n) is 0.939. The van der Waals surface area contributed by atoms with Crippen molar-refractivity contribution >= 4 is 5.97 Å². The van der Waals surface area contributed by atoms with E-state index in [2.05, 4.69) is 0 Å². The van der Waals surface area contributed by atoms with Crippen LogP contribution in [-0.2, 0) is 0 Å². The summed E-state index contributed by atoms with van der Waals surface area (Å²) in [5.74, 6) is -2.56. The van der Waals surface area contributed by atoms with Gasteiger partial charge in [0.15, 0.2) is 16.9 Å². The number of aromatic hydroxyl groups is 2. The summed E-state index contributed by atoms with van der Waals surface area (Å²) in [5, 5.41) is 27.0. The Morgan fingerprint density at radius 1 is 1.29 bits per heavy atom. The summed E-state index contributed by atoms with van der Waals surface area (Å²) in [6.07, 6.45) is 0. The molecule has 74 valence electrons. The average molecular weight is 196 g/mol. The third-order valence-corrected chi connectivity index (χ3v) is 1.79. The van der Waals surface area contributed by atoms with Crippen molar-refractivity contribution in [2.24, 2.45) is 0 Å². The lowest BCUT2D eigenvalue weighted by Gasteiger charge is -1.92. The van der Waals surface area contributed by atoms with E-state index in [0.29, 0.717) is 0 Å². The first-order valence-corrected chi connectivity index (χ1v) is 3.73. The van der Waals surface area contributed by atoms with Gasteiger partial charge in [-0.2, -0.15) is 0 Å². The summed E-state index contributed by atoms with van der Waals surface area (Å²) < 4.78 is 0. The summed E-state index contributed by atoms with van der Waals surface area (Å²) >= 11 is 0. The van der Waals surface area contributed by atoms with E-state index < -0.39 is 22.9 Å². The molecule has 0 amide bonds. The molecule has 0 aromatic heterocycles. The Hall–Kier alpha value is -2.04. The van der Waals surface area contributed by atoms with Crippen molar-refractivity contribution in [3.05, 3.63) is 33.5 Å². The molecule has 0 fully saturated rings. The van der Waals surface area contributed by atoms with Crippen molar-refractivity contribution in [2.45, 2.75) is 6.92 Å². The molecule has 1 rings (SSSR count). The highest BCUT2D eigenvalue weighted by Crippen LogP contribution is 2.25. The number of rotatable bonds is 1. The van der Waals surface area contributed by atoms with Crippen molar-refractivity contribution in [3.63, 3.8) is 0 Å². The molecule has 0 bridgehead atoms. The van der Waals surface area contributed by atoms with Gasteiger partial charge in [-0.1, -0.05) is 0 Å². The minimum atomic E-state index is -1.34. The van der Waals surface area contributed by atoms with E-state index in [4.69, 9.17) is 10.2 Å². The number of carboxylic acids is 1. The number of aromatic carboxylic acids is 1. The highest BCUT2D eigenvalue weighted by molar-refractivity contribution is 5.88. The van der Waals surface area contributed by atoms with Crippen LogP contribution in [0.2, 0.25) is 0 Å². The first kappa shape index (κ1) is 10.0. The minimum absolute atomic E-state index is 0.0880. The smallest absolute Gasteiger partial charge is 0.335 e. The van der Waals surface area contributed by atoms with Crippen LogP contribution in [0.25, 0.3) is 0 Å². The third kappa shape index (κ3) is 1.66. The first-order valence-electron chi connectivity index (χ1n) is 3.73. The van der Waals surface area contributed by atoms with Crippen LogP contribution in [0.5, 0.6) is 11.5 Å². The molecule has 0 radical (unpaired) electrons. The van der Waals surface area contributed by atoms with Gasteiger partial charge >= 0.3 is 5.97 Å². The van der Waals surface area contributed by atoms with Crippen molar-refractivity contribution in [1.82, 2.24) is 0 Å². The number of hydrogen-bond acceptors (Lipinski definition) is 4. The van der Waals surface area contributed by atoms with Gasteiger partial charge < -0.3 is 15.3 Å². The van der Waals surface area contributed by atoms with Gasteiger partial charge in [-0.05, 0) is 13.0 Å². The van der Waals surface area contributed by atoms with Crippen LogP contribution in [0.15, 0.2) is 16.9 Å². The molecule has 0 aliphatic carbocycles. The van der Waals surface area contributed by atoms with Crippen LogP contribution in [0.3, 0.4) is 0 Å². The van der Waals surface area contributed by atoms with E-state index >= 15 is 0 Å². The van der Waals surface area contributed by atoms with Gasteiger partial charge in [0.2, 0.25) is 0 Å². The van der Waals surface area contributed by atoms with Crippen LogP contribution in [-0.4, -0.2) is 21.3 Å². The molecular weight excluding hydrogens is 188 g/mol. The molecule has 1 aromatic carbocycles. The zero-order valence-corrected chi connectivity index (χ0v) is 7.31. The third-order valence-electron chi connectivity index (χ3n) is 1.79. The lowest BCUT2D eigenvalue weighted by Crippen LogP contribution is -2.03. The molecule has 0 unspecified atom stereocenters. The average Bonchev–Trinajstić information content (AvgIpc) is 2.20. The summed E-state index contributed by atoms with van der Waals surface area (Å²) in [5.41, 5.74) is -1.09. The fourth-order valence-corrected chi connectivity index (χ4v) is 0.939. The predicted octanol–water partition coefficient (Wildman–Crippen LogP) is 0.465. The second-order valence-electron chi connectivity index (χ2n) is 2.77. The number of carbonyl (C=O) groups is 1. The van der Waals surface area contributed by atoms with Crippen molar-refractivity contribution in [3.8, 4) is 11.5 Å². The Morgan fingerprint density at radius 3 is 2.36 bits per heavy atom. The summed E-state index contributed by atoms with van der Waals surface area (Å²) in [4.78, 5) is 21.7. The number of carboxylic acid groups (broad SMARTS) is 1. The predicted molar refractivity (Wildman–Crippen MR) is 47.7 cm³/mol. The quantitative estimate of drug-likeness (QED) is 0.606. The Labute approximate surface area is 78.9 Å². The zero-order valence-electron chi connectivity index (χ0n) is 7.31. The van der Waals surface area contributed by atoms with E-state index in [9.17, 15) is 14.7 Å². The maximum absolute atomic E-state index is 11.2. The minimum Gasteiger partial charge on any atom is -0.504 e. The fraction of sp³-hybridized carbons (Fsp3) is 0.111. The van der Waals surface area contributed by atoms with E-state index in [1.54, 1.807) is 0 Å². The van der Waals surface area contributed by atoms with Crippen molar-refractivity contribution < 1.29 is 20.1 Å². The molecule has 14 heavy (non-hydrogen) atoms. The van der Waals surface area contributed by atoms with Gasteiger partial charge in [0.1, 0.15) is 0 Å². The molecule has 0 spiro atoms. The van der Waals surface area contributed by atoms with E-state index in [-0.39, 0.29) is 11.1 Å². The normalized spacial score (nSPS) is 9.79. The van der Waals surface area contributed by atoms with Gasteiger partial charge in [-0.3, -0.25) is 4.79 Å². The van der Waals surface area contributed by atoms with Crippen LogP contribution in [0.1, 0.15) is 15.9 Å². The first-order chi connectivity index (χ1) is 6.43. The summed E-state index contributed by atoms with van der Waals surface area (Å²) in [7, 11) is 0. The van der Waals surface area contributed by atoms with Gasteiger partial charge in [-0.15, -0.1) is 0 Å².